The SMILES string of the molecule is CCc1nc(CN2CCC(CNC(=NC)NC(C)CC)CC2)cs1. The van der Waals surface area contributed by atoms with Crippen molar-refractivity contribution in [1.29, 1.82) is 0 Å². The molecular weight excluding hydrogens is 318 g/mol. The van der Waals surface area contributed by atoms with E-state index in [-0.39, 0.29) is 0 Å². The number of nitrogens with one attached hydrogen (secondary N) is 2. The van der Waals surface area contributed by atoms with Crippen molar-refractivity contribution < 1.29 is 0 Å². The standard InChI is InChI=1S/C18H33N5S/c1-5-14(3)21-18(19-4)20-11-15-7-9-23(10-8-15)12-16-13-24-17(6-2)22-16/h13-15H,5-12H2,1-4H3,(H2,19,20,21). The van der Waals surface area contributed by atoms with E-state index in [9.17, 15) is 0 Å². The Morgan fingerprint density at radius 1 is 1.42 bits per heavy atom. The number of aliphatic imine (C=N–C) groups is 1. The highest BCUT2D eigenvalue weighted by Gasteiger charge is 2.20. The number of hydrogen-bond acceptors (Lipinski definition) is 4. The van der Waals surface area contributed by atoms with Gasteiger partial charge in [-0.2, -0.15) is 0 Å². The summed E-state index contributed by atoms with van der Waals surface area (Å²) < 4.78 is 0. The molecule has 0 radical (unpaired) electrons. The van der Waals surface area contributed by atoms with Crippen molar-refractivity contribution in [2.24, 2.45) is 10.9 Å². The van der Waals surface area contributed by atoms with Gasteiger partial charge in [-0.3, -0.25) is 9.89 Å². The number of nitrogens with zero attached hydrogens (tertiary/aromatic N) is 3. The van der Waals surface area contributed by atoms with Gasteiger partial charge < -0.3 is 10.6 Å². The molecule has 2 N–H and O–H groups in total. The third kappa shape index (κ3) is 6.06. The predicted molar refractivity (Wildman–Crippen MR) is 104 cm³/mol. The van der Waals surface area contributed by atoms with E-state index in [1.807, 2.05) is 7.05 Å². The molecule has 2 rings (SSSR count). The summed E-state index contributed by atoms with van der Waals surface area (Å²) in [5.41, 5.74) is 1.24. The average molecular weight is 352 g/mol. The van der Waals surface area contributed by atoms with Crippen molar-refractivity contribution in [2.45, 2.75) is 59.0 Å². The van der Waals surface area contributed by atoms with Crippen LogP contribution in [0.25, 0.3) is 0 Å². The largest absolute Gasteiger partial charge is 0.356 e. The average Bonchev–Trinajstić information content (AvgIpc) is 3.07. The summed E-state index contributed by atoms with van der Waals surface area (Å²) in [6.45, 7) is 10.9. The van der Waals surface area contributed by atoms with Gasteiger partial charge in [0.15, 0.2) is 5.96 Å². The monoisotopic (exact) mass is 351 g/mol. The normalized spacial score (nSPS) is 18.6. The van der Waals surface area contributed by atoms with Gasteiger partial charge >= 0.3 is 0 Å². The van der Waals surface area contributed by atoms with Crippen molar-refractivity contribution in [3.63, 3.8) is 0 Å². The fourth-order valence-electron chi connectivity index (χ4n) is 2.93. The van der Waals surface area contributed by atoms with Crippen LogP contribution in [0.3, 0.4) is 0 Å². The fourth-order valence-corrected chi connectivity index (χ4v) is 3.67. The molecule has 136 valence electrons. The molecule has 1 aliphatic heterocycles. The molecule has 24 heavy (non-hydrogen) atoms. The molecule has 2 heterocycles. The van der Waals surface area contributed by atoms with Gasteiger partial charge in [-0.05, 0) is 51.6 Å². The van der Waals surface area contributed by atoms with Crippen molar-refractivity contribution >= 4 is 17.3 Å². The van der Waals surface area contributed by atoms with E-state index in [1.54, 1.807) is 11.3 Å². The minimum Gasteiger partial charge on any atom is -0.356 e. The molecule has 1 saturated heterocycles. The molecule has 1 aromatic rings. The third-order valence-electron chi connectivity index (χ3n) is 4.77. The van der Waals surface area contributed by atoms with Crippen LogP contribution in [0.4, 0.5) is 0 Å². The lowest BCUT2D eigenvalue weighted by Gasteiger charge is -2.32. The quantitative estimate of drug-likeness (QED) is 0.586. The number of aromatic nitrogens is 1. The highest BCUT2D eigenvalue weighted by molar-refractivity contribution is 7.09. The van der Waals surface area contributed by atoms with Crippen LogP contribution in [0.15, 0.2) is 10.4 Å². The fraction of sp³-hybridized carbons (Fsp3) is 0.778. The van der Waals surface area contributed by atoms with Gasteiger partial charge in [0.1, 0.15) is 0 Å². The Morgan fingerprint density at radius 2 is 2.17 bits per heavy atom. The van der Waals surface area contributed by atoms with E-state index in [0.717, 1.165) is 37.8 Å². The molecule has 0 saturated carbocycles. The van der Waals surface area contributed by atoms with E-state index in [1.165, 1.54) is 36.6 Å². The van der Waals surface area contributed by atoms with Crippen LogP contribution in [-0.2, 0) is 13.0 Å². The first kappa shape index (κ1) is 19.2. The summed E-state index contributed by atoms with van der Waals surface area (Å²) in [5, 5.41) is 10.4. The van der Waals surface area contributed by atoms with E-state index >= 15 is 0 Å². The number of likely N-dealkylation sites (tertiary alicyclic amines) is 1. The lowest BCUT2D eigenvalue weighted by molar-refractivity contribution is 0.176. The summed E-state index contributed by atoms with van der Waals surface area (Å²) in [7, 11) is 1.85. The second kappa shape index (κ2) is 9.99. The molecule has 1 fully saturated rings. The predicted octanol–water partition coefficient (Wildman–Crippen LogP) is 2.88. The lowest BCUT2D eigenvalue weighted by Crippen LogP contribution is -2.45. The summed E-state index contributed by atoms with van der Waals surface area (Å²) >= 11 is 1.79. The Bertz CT molecular complexity index is 505. The summed E-state index contributed by atoms with van der Waals surface area (Å²) in [6.07, 6.45) is 4.65. The first-order valence-corrected chi connectivity index (χ1v) is 10.1. The molecule has 1 aromatic heterocycles. The second-order valence-corrected chi connectivity index (χ2v) is 7.66. The van der Waals surface area contributed by atoms with E-state index in [0.29, 0.717) is 6.04 Å². The van der Waals surface area contributed by atoms with Gasteiger partial charge in [-0.1, -0.05) is 13.8 Å². The smallest absolute Gasteiger partial charge is 0.191 e. The molecular formula is C18H33N5S. The Labute approximate surface area is 151 Å². The van der Waals surface area contributed by atoms with Crippen LogP contribution in [0.2, 0.25) is 0 Å². The van der Waals surface area contributed by atoms with E-state index in [2.05, 4.69) is 51.7 Å². The highest BCUT2D eigenvalue weighted by Crippen LogP contribution is 2.19. The number of guanidine groups is 1. The molecule has 5 nitrogen and oxygen atoms in total. The molecule has 1 unspecified atom stereocenters. The van der Waals surface area contributed by atoms with Crippen LogP contribution in [0.1, 0.15) is 50.7 Å². The summed E-state index contributed by atoms with van der Waals surface area (Å²) in [5.74, 6) is 1.67. The minimum atomic E-state index is 0.462. The molecule has 1 atom stereocenters. The zero-order valence-corrected chi connectivity index (χ0v) is 16.5. The Balaban J connectivity index is 1.68. The van der Waals surface area contributed by atoms with Crippen molar-refractivity contribution in [2.75, 3.05) is 26.7 Å². The summed E-state index contributed by atoms with van der Waals surface area (Å²) in [6, 6.07) is 0.462. The molecule has 0 spiro atoms. The molecule has 0 aliphatic carbocycles. The van der Waals surface area contributed by atoms with Crippen molar-refractivity contribution in [3.8, 4) is 0 Å². The summed E-state index contributed by atoms with van der Waals surface area (Å²) in [4.78, 5) is 11.5. The van der Waals surface area contributed by atoms with Crippen molar-refractivity contribution in [3.05, 3.63) is 16.1 Å². The zero-order valence-electron chi connectivity index (χ0n) is 15.6. The van der Waals surface area contributed by atoms with Crippen LogP contribution in [-0.4, -0.2) is 48.6 Å². The number of piperidine rings is 1. The Hall–Kier alpha value is -1.14. The van der Waals surface area contributed by atoms with E-state index in [4.69, 9.17) is 0 Å². The van der Waals surface area contributed by atoms with Gasteiger partial charge in [-0.25, -0.2) is 4.98 Å². The maximum Gasteiger partial charge on any atom is 0.191 e. The number of hydrogen-bond donors (Lipinski definition) is 2. The molecule has 1 aliphatic rings. The zero-order chi connectivity index (χ0) is 17.4. The first-order valence-electron chi connectivity index (χ1n) is 9.27. The minimum absolute atomic E-state index is 0.462. The number of rotatable bonds is 7. The number of aryl methyl sites for hydroxylation is 1. The van der Waals surface area contributed by atoms with Gasteiger partial charge in [0, 0.05) is 31.6 Å². The second-order valence-electron chi connectivity index (χ2n) is 6.71. The van der Waals surface area contributed by atoms with Crippen LogP contribution in [0, 0.1) is 5.92 Å². The Morgan fingerprint density at radius 3 is 2.75 bits per heavy atom. The van der Waals surface area contributed by atoms with Crippen LogP contribution >= 0.6 is 11.3 Å². The third-order valence-corrected chi connectivity index (χ3v) is 5.81. The van der Waals surface area contributed by atoms with Crippen LogP contribution < -0.4 is 10.6 Å². The van der Waals surface area contributed by atoms with Gasteiger partial charge in [0.25, 0.3) is 0 Å². The number of thiazole rings is 1. The lowest BCUT2D eigenvalue weighted by atomic mass is 9.97. The van der Waals surface area contributed by atoms with Gasteiger partial charge in [-0.15, -0.1) is 11.3 Å². The first-order chi connectivity index (χ1) is 11.6. The molecule has 0 bridgehead atoms. The topological polar surface area (TPSA) is 52.6 Å². The maximum atomic E-state index is 4.69. The van der Waals surface area contributed by atoms with Gasteiger partial charge in [0.2, 0.25) is 0 Å². The molecule has 6 heteroatoms. The molecule has 0 amide bonds. The maximum absolute atomic E-state index is 4.69. The Kier molecular flexibility index (Phi) is 7.99. The highest BCUT2D eigenvalue weighted by atomic mass is 32.1. The van der Waals surface area contributed by atoms with Crippen molar-refractivity contribution in [1.82, 2.24) is 20.5 Å². The van der Waals surface area contributed by atoms with E-state index < -0.39 is 0 Å². The molecule has 0 aromatic carbocycles. The van der Waals surface area contributed by atoms with Crippen LogP contribution in [0.5, 0.6) is 0 Å². The van der Waals surface area contributed by atoms with Gasteiger partial charge in [0.05, 0.1) is 10.7 Å².